The number of aryl methyl sites for hydroxylation is 1. The van der Waals surface area contributed by atoms with Crippen LogP contribution >= 0.6 is 0 Å². The van der Waals surface area contributed by atoms with Crippen LogP contribution in [-0.2, 0) is 23.7 Å². The molecule has 0 saturated heterocycles. The molecule has 1 heterocycles. The molecule has 5 nitrogen and oxygen atoms in total. The van der Waals surface area contributed by atoms with Crippen LogP contribution in [0.1, 0.15) is 38.8 Å². The largest absolute Gasteiger partial charge is 0.390 e. The van der Waals surface area contributed by atoms with Crippen molar-refractivity contribution in [3.63, 3.8) is 0 Å². The zero-order valence-corrected chi connectivity index (χ0v) is 13.2. The van der Waals surface area contributed by atoms with Gasteiger partial charge in [0.25, 0.3) is 0 Å². The van der Waals surface area contributed by atoms with Crippen LogP contribution in [0.3, 0.4) is 0 Å². The summed E-state index contributed by atoms with van der Waals surface area (Å²) >= 11 is 0. The Labute approximate surface area is 121 Å². The van der Waals surface area contributed by atoms with Gasteiger partial charge in [0.05, 0.1) is 11.5 Å². The van der Waals surface area contributed by atoms with E-state index >= 15 is 0 Å². The van der Waals surface area contributed by atoms with Crippen molar-refractivity contribution in [3.8, 4) is 0 Å². The molecule has 2 atom stereocenters. The summed E-state index contributed by atoms with van der Waals surface area (Å²) in [5.74, 6) is 1.10. The third-order valence-electron chi connectivity index (χ3n) is 4.06. The minimum atomic E-state index is -3.50. The molecule has 20 heavy (non-hydrogen) atoms. The second kappa shape index (κ2) is 5.87. The van der Waals surface area contributed by atoms with Gasteiger partial charge in [0.15, 0.2) is 0 Å². The summed E-state index contributed by atoms with van der Waals surface area (Å²) in [6, 6.07) is 1.54. The van der Waals surface area contributed by atoms with Crippen LogP contribution in [-0.4, -0.2) is 24.1 Å². The Bertz CT molecular complexity index is 555. The van der Waals surface area contributed by atoms with Gasteiger partial charge in [0.1, 0.15) is 0 Å². The van der Waals surface area contributed by atoms with E-state index in [2.05, 4.69) is 18.6 Å². The summed E-state index contributed by atoms with van der Waals surface area (Å²) in [5, 5.41) is 9.15. The topological polar surface area (TPSA) is 71.3 Å². The second-order valence-electron chi connectivity index (χ2n) is 6.17. The van der Waals surface area contributed by atoms with E-state index in [1.807, 2.05) is 0 Å². The molecule has 0 aromatic carbocycles. The number of nitrogens with one attached hydrogen (secondary N) is 1. The van der Waals surface area contributed by atoms with E-state index in [0.29, 0.717) is 17.5 Å². The first-order chi connectivity index (χ1) is 9.31. The summed E-state index contributed by atoms with van der Waals surface area (Å²) < 4.78 is 29.2. The molecular weight excluding hydrogens is 276 g/mol. The molecule has 2 rings (SSSR count). The predicted octanol–water partition coefficient (Wildman–Crippen LogP) is 1.62. The van der Waals surface area contributed by atoms with Gasteiger partial charge in [0.2, 0.25) is 10.0 Å². The fourth-order valence-electron chi connectivity index (χ4n) is 3.21. The molecule has 1 aromatic heterocycles. The van der Waals surface area contributed by atoms with Crippen LogP contribution in [0.5, 0.6) is 0 Å². The Morgan fingerprint density at radius 3 is 2.40 bits per heavy atom. The summed E-state index contributed by atoms with van der Waals surface area (Å²) in [7, 11) is -1.77. The molecule has 2 unspecified atom stereocenters. The molecule has 0 radical (unpaired) electrons. The number of hydrogen-bond acceptors (Lipinski definition) is 3. The molecule has 1 saturated carbocycles. The van der Waals surface area contributed by atoms with Crippen LogP contribution in [0.2, 0.25) is 0 Å². The van der Waals surface area contributed by atoms with Gasteiger partial charge in [-0.2, -0.15) is 0 Å². The van der Waals surface area contributed by atoms with Gasteiger partial charge < -0.3 is 9.67 Å². The van der Waals surface area contributed by atoms with Crippen molar-refractivity contribution in [3.05, 3.63) is 18.0 Å². The number of aromatic nitrogens is 1. The lowest BCUT2D eigenvalue weighted by atomic mass is 9.81. The van der Waals surface area contributed by atoms with E-state index in [0.717, 1.165) is 19.3 Å². The minimum Gasteiger partial charge on any atom is -0.390 e. The molecule has 6 heteroatoms. The van der Waals surface area contributed by atoms with E-state index in [4.69, 9.17) is 5.11 Å². The molecule has 0 bridgehead atoms. The van der Waals surface area contributed by atoms with Gasteiger partial charge >= 0.3 is 0 Å². The van der Waals surface area contributed by atoms with Crippen molar-refractivity contribution in [1.29, 1.82) is 0 Å². The Hall–Kier alpha value is -0.850. The summed E-state index contributed by atoms with van der Waals surface area (Å²) in [6.07, 6.45) is 4.49. The van der Waals surface area contributed by atoms with Crippen molar-refractivity contribution in [2.24, 2.45) is 18.9 Å². The normalized spacial score (nSPS) is 27.7. The molecule has 0 aliphatic heterocycles. The lowest BCUT2D eigenvalue weighted by Crippen LogP contribution is -2.39. The quantitative estimate of drug-likeness (QED) is 0.887. The molecule has 0 amide bonds. The maximum Gasteiger partial charge on any atom is 0.242 e. The lowest BCUT2D eigenvalue weighted by Gasteiger charge is -2.31. The van der Waals surface area contributed by atoms with Gasteiger partial charge in [0, 0.05) is 25.0 Å². The standard InChI is InChI=1S/C14H24N2O3S/c1-10-4-11(2)6-12(5-10)15-20(18,19)14-7-13(9-17)16(3)8-14/h7-8,10-12,15,17H,4-6,9H2,1-3H3. The first-order valence-electron chi connectivity index (χ1n) is 7.10. The molecule has 1 aliphatic carbocycles. The van der Waals surface area contributed by atoms with Gasteiger partial charge in [-0.1, -0.05) is 13.8 Å². The molecule has 2 N–H and O–H groups in total. The average molecular weight is 300 g/mol. The van der Waals surface area contributed by atoms with Crippen molar-refractivity contribution in [1.82, 2.24) is 9.29 Å². The van der Waals surface area contributed by atoms with Crippen LogP contribution in [0.4, 0.5) is 0 Å². The monoisotopic (exact) mass is 300 g/mol. The first-order valence-corrected chi connectivity index (χ1v) is 8.58. The molecule has 0 spiro atoms. The van der Waals surface area contributed by atoms with E-state index in [1.165, 1.54) is 6.07 Å². The van der Waals surface area contributed by atoms with Gasteiger partial charge in [-0.3, -0.25) is 0 Å². The van der Waals surface area contributed by atoms with E-state index in [9.17, 15) is 8.42 Å². The predicted molar refractivity (Wildman–Crippen MR) is 77.6 cm³/mol. The number of rotatable bonds is 4. The van der Waals surface area contributed by atoms with E-state index in [-0.39, 0.29) is 17.5 Å². The fourth-order valence-corrected chi connectivity index (χ4v) is 4.57. The number of aliphatic hydroxyl groups is 1. The van der Waals surface area contributed by atoms with Crippen molar-refractivity contribution >= 4 is 10.0 Å². The highest BCUT2D eigenvalue weighted by molar-refractivity contribution is 7.89. The summed E-state index contributed by atoms with van der Waals surface area (Å²) in [5.41, 5.74) is 0.593. The summed E-state index contributed by atoms with van der Waals surface area (Å²) in [6.45, 7) is 4.18. The Balaban J connectivity index is 2.14. The Kier molecular flexibility index (Phi) is 4.56. The maximum absolute atomic E-state index is 12.4. The van der Waals surface area contributed by atoms with Crippen molar-refractivity contribution in [2.45, 2.75) is 50.7 Å². The first kappa shape index (κ1) is 15.5. The molecular formula is C14H24N2O3S. The van der Waals surface area contributed by atoms with Crippen molar-refractivity contribution < 1.29 is 13.5 Å². The van der Waals surface area contributed by atoms with Crippen molar-refractivity contribution in [2.75, 3.05) is 0 Å². The highest BCUT2D eigenvalue weighted by Crippen LogP contribution is 2.29. The second-order valence-corrected chi connectivity index (χ2v) is 7.89. The van der Waals surface area contributed by atoms with E-state index < -0.39 is 10.0 Å². The SMILES string of the molecule is CC1CC(C)CC(NS(=O)(=O)c2cc(CO)n(C)c2)C1. The van der Waals surface area contributed by atoms with Gasteiger partial charge in [-0.25, -0.2) is 13.1 Å². The van der Waals surface area contributed by atoms with Crippen LogP contribution in [0.25, 0.3) is 0 Å². The van der Waals surface area contributed by atoms with Crippen LogP contribution in [0.15, 0.2) is 17.2 Å². The highest BCUT2D eigenvalue weighted by atomic mass is 32.2. The van der Waals surface area contributed by atoms with Crippen LogP contribution in [0, 0.1) is 11.8 Å². The summed E-state index contributed by atoms with van der Waals surface area (Å²) in [4.78, 5) is 0.231. The van der Waals surface area contributed by atoms with Gasteiger partial charge in [-0.05, 0) is 37.2 Å². The van der Waals surface area contributed by atoms with E-state index in [1.54, 1.807) is 17.8 Å². The number of nitrogens with zero attached hydrogens (tertiary/aromatic N) is 1. The third kappa shape index (κ3) is 3.42. The fraction of sp³-hybridized carbons (Fsp3) is 0.714. The number of sulfonamides is 1. The highest BCUT2D eigenvalue weighted by Gasteiger charge is 2.28. The minimum absolute atomic E-state index is 0.0107. The average Bonchev–Trinajstić information content (AvgIpc) is 2.69. The van der Waals surface area contributed by atoms with Crippen LogP contribution < -0.4 is 4.72 Å². The Morgan fingerprint density at radius 1 is 1.30 bits per heavy atom. The maximum atomic E-state index is 12.4. The Morgan fingerprint density at radius 2 is 1.90 bits per heavy atom. The molecule has 1 aromatic rings. The molecule has 1 fully saturated rings. The third-order valence-corrected chi connectivity index (χ3v) is 5.54. The molecule has 114 valence electrons. The van der Waals surface area contributed by atoms with Gasteiger partial charge in [-0.15, -0.1) is 0 Å². The number of aliphatic hydroxyl groups excluding tert-OH is 1. The lowest BCUT2D eigenvalue weighted by molar-refractivity contribution is 0.257. The number of hydrogen-bond donors (Lipinski definition) is 2. The molecule has 1 aliphatic rings. The zero-order valence-electron chi connectivity index (χ0n) is 12.3. The zero-order chi connectivity index (χ0) is 14.9. The smallest absolute Gasteiger partial charge is 0.242 e.